The van der Waals surface area contributed by atoms with Crippen molar-refractivity contribution in [1.29, 1.82) is 0 Å². The van der Waals surface area contributed by atoms with E-state index in [2.05, 4.69) is 44.8 Å². The number of aromatic nitrogens is 2. The van der Waals surface area contributed by atoms with E-state index >= 15 is 0 Å². The summed E-state index contributed by atoms with van der Waals surface area (Å²) >= 11 is 7.53. The average molecular weight is 1280 g/mol. The van der Waals surface area contributed by atoms with Gasteiger partial charge in [0.2, 0.25) is 0 Å². The van der Waals surface area contributed by atoms with Gasteiger partial charge in [0.15, 0.2) is 0 Å². The zero-order valence-corrected chi connectivity index (χ0v) is 51.7. The molecule has 4 rings (SSSR count). The van der Waals surface area contributed by atoms with E-state index in [-0.39, 0.29) is 39.0 Å². The SMILES string of the molecule is CSCCN(CCSC)Cc1cccc(N)n1.CSCCN(CCSC)Cc1cccc(N)n1.O=S1CCCC1.O=S1CCCC1.[O-][Cl+3]([O-])([O-])[O-].[O-][Cl+3]([O-])([O-])[O-].[O-][Cl+3]([O-])([O-])[O-].[O-][Cl+3]([O-])([O-])[O-].[Zn+2].[Zn+2]. The van der Waals surface area contributed by atoms with Crippen LogP contribution in [-0.4, -0.2) is 125 Å². The molecule has 0 aromatic carbocycles. The van der Waals surface area contributed by atoms with Crippen LogP contribution in [0.2, 0.25) is 0 Å². The first-order valence-electron chi connectivity index (χ1n) is 18.3. The number of pyridine rings is 2. The molecule has 24 nitrogen and oxygen atoms in total. The standard InChI is InChI=1S/2C12H21N3S2.2C4H8OS.4ClHO4.2Zn/c2*1-16-8-6-15(7-9-17-2)10-11-4-3-5-12(13)14-11;2*5-6-3-1-2-4-6;4*2-1(3,4)5;;/h2*3-5H,6-10H2,1-2H3,(H2,13,14);2*1-4H2;4*(H,2,3,4,5);;/q;;;;;;;;2*+2/p-4. The number of hydrogen-bond donors (Lipinski definition) is 2. The molecule has 4 heterocycles. The number of nitrogens with zero attached hydrogens (tertiary/aromatic N) is 4. The molecule has 36 heteroatoms. The van der Waals surface area contributed by atoms with Crippen molar-refractivity contribution >= 4 is 80.3 Å². The van der Waals surface area contributed by atoms with Gasteiger partial charge in [-0.1, -0.05) is 12.1 Å². The normalized spacial score (nSPS) is 13.5. The number of nitrogen functional groups attached to an aromatic ring is 2. The van der Waals surface area contributed by atoms with Gasteiger partial charge in [-0.15, -0.1) is 41.0 Å². The largest absolute Gasteiger partial charge is 2.00 e. The second kappa shape index (κ2) is 49.2. The molecule has 2 fully saturated rings. The second-order valence-electron chi connectivity index (χ2n) is 12.3. The van der Waals surface area contributed by atoms with Crippen molar-refractivity contribution in [2.75, 3.05) is 109 Å². The van der Waals surface area contributed by atoms with E-state index in [0.717, 1.165) is 96.7 Å². The fourth-order valence-corrected chi connectivity index (χ4v) is 8.58. The predicted octanol–water partition coefficient (Wildman–Crippen LogP) is -13.6. The van der Waals surface area contributed by atoms with Gasteiger partial charge in [-0.2, -0.15) is 47.0 Å². The molecular weight excluding hydrogens is 1220 g/mol. The minimum atomic E-state index is -4.94. The van der Waals surface area contributed by atoms with E-state index in [1.54, 1.807) is 0 Å². The van der Waals surface area contributed by atoms with Gasteiger partial charge in [0.1, 0.15) is 11.6 Å². The predicted molar refractivity (Wildman–Crippen MR) is 216 cm³/mol. The summed E-state index contributed by atoms with van der Waals surface area (Å²) in [5.74, 6) is 9.70. The van der Waals surface area contributed by atoms with Crippen LogP contribution < -0.4 is 86.0 Å². The van der Waals surface area contributed by atoms with Gasteiger partial charge in [-0.3, -0.25) is 18.2 Å². The molecule has 0 radical (unpaired) electrons. The Morgan fingerprint density at radius 3 is 0.824 bits per heavy atom. The first-order valence-corrected chi connectivity index (χ1v) is 31.8. The molecule has 0 bridgehead atoms. The van der Waals surface area contributed by atoms with Crippen LogP contribution in [0.15, 0.2) is 36.4 Å². The van der Waals surface area contributed by atoms with Gasteiger partial charge in [0, 0.05) is 107 Å². The quantitative estimate of drug-likeness (QED) is 0.147. The van der Waals surface area contributed by atoms with Crippen molar-refractivity contribution < 1.29 is 163 Å². The van der Waals surface area contributed by atoms with E-state index in [4.69, 9.17) is 86.0 Å². The number of rotatable bonds is 16. The van der Waals surface area contributed by atoms with E-state index in [9.17, 15) is 8.42 Å². The van der Waals surface area contributed by atoms with Crippen LogP contribution in [0.5, 0.6) is 0 Å². The molecule has 2 aromatic rings. The minimum Gasteiger partial charge on any atom is -0.384 e. The Morgan fingerprint density at radius 1 is 0.471 bits per heavy atom. The molecule has 392 valence electrons. The van der Waals surface area contributed by atoms with E-state index in [1.165, 1.54) is 25.7 Å². The maximum absolute atomic E-state index is 10.4. The van der Waals surface area contributed by atoms with Crippen LogP contribution in [0, 0.1) is 41.0 Å². The Bertz CT molecular complexity index is 1320. The average Bonchev–Trinajstić information content (AvgIpc) is 3.85. The van der Waals surface area contributed by atoms with Crippen molar-refractivity contribution in [3.05, 3.63) is 47.8 Å². The van der Waals surface area contributed by atoms with E-state index < -0.39 is 62.6 Å². The molecule has 0 unspecified atom stereocenters. The molecule has 0 aliphatic carbocycles. The number of halogens is 4. The third-order valence-corrected chi connectivity index (χ3v) is 12.2. The number of nitrogens with two attached hydrogens (primary N) is 2. The van der Waals surface area contributed by atoms with E-state index in [0.29, 0.717) is 11.6 Å². The summed E-state index contributed by atoms with van der Waals surface area (Å²) < 4.78 is 157. The maximum atomic E-state index is 10.4. The summed E-state index contributed by atoms with van der Waals surface area (Å²) in [7, 11) is -20.6. The van der Waals surface area contributed by atoms with Crippen molar-refractivity contribution in [2.24, 2.45) is 0 Å². The molecule has 4 N–H and O–H groups in total. The molecule has 2 saturated heterocycles. The number of hydrogen-bond acceptors (Lipinski definition) is 28. The van der Waals surface area contributed by atoms with Crippen LogP contribution in [0.1, 0.15) is 37.1 Å². The van der Waals surface area contributed by atoms with Gasteiger partial charge in [-0.05, 0) is 75.0 Å². The molecule has 2 aliphatic rings. The number of anilines is 2. The Morgan fingerprint density at radius 2 is 0.676 bits per heavy atom. The Balaban J connectivity index is -0.000000173. The molecule has 0 atom stereocenters. The number of thioether (sulfide) groups is 4. The van der Waals surface area contributed by atoms with Crippen LogP contribution in [0.25, 0.3) is 0 Å². The Labute approximate surface area is 454 Å². The molecule has 2 aromatic heterocycles. The third-order valence-electron chi connectivity index (χ3n) is 6.86. The topological polar surface area (TPSA) is 487 Å². The summed E-state index contributed by atoms with van der Waals surface area (Å²) in [5, 5.41) is 0. The van der Waals surface area contributed by atoms with Crippen molar-refractivity contribution in [1.82, 2.24) is 19.8 Å². The monoisotopic (exact) mass is 1270 g/mol. The molecule has 0 amide bonds. The fraction of sp³-hybridized carbons (Fsp3) is 0.688. The third kappa shape index (κ3) is 84.1. The van der Waals surface area contributed by atoms with Crippen LogP contribution in [-0.2, 0) is 73.6 Å². The smallest absolute Gasteiger partial charge is 0.384 e. The molecular formula is C32H58Cl4N6O18S6Zn2. The Hall–Kier alpha value is 1.29. The maximum Gasteiger partial charge on any atom is 2.00 e. The zero-order chi connectivity index (χ0) is 51.8. The van der Waals surface area contributed by atoms with Crippen molar-refractivity contribution in [3.63, 3.8) is 0 Å². The molecule has 68 heavy (non-hydrogen) atoms. The minimum absolute atomic E-state index is 0. The summed E-state index contributed by atoms with van der Waals surface area (Å²) in [6.45, 7) is 6.23. The van der Waals surface area contributed by atoms with Gasteiger partial charge in [0.25, 0.3) is 0 Å². The van der Waals surface area contributed by atoms with Crippen LogP contribution in [0.4, 0.5) is 11.6 Å². The molecule has 0 saturated carbocycles. The molecule has 2 aliphatic heterocycles. The summed E-state index contributed by atoms with van der Waals surface area (Å²) in [5.41, 5.74) is 13.5. The van der Waals surface area contributed by atoms with Crippen molar-refractivity contribution in [3.8, 4) is 0 Å². The first kappa shape index (κ1) is 80.7. The zero-order valence-electron chi connectivity index (χ0n) is 37.9. The van der Waals surface area contributed by atoms with E-state index in [1.807, 2.05) is 83.4 Å². The summed E-state index contributed by atoms with van der Waals surface area (Å²) in [4.78, 5) is 13.6. The van der Waals surface area contributed by atoms with Crippen LogP contribution >= 0.6 is 47.0 Å². The Kier molecular flexibility index (Phi) is 58.3. The fourth-order valence-electron chi connectivity index (χ4n) is 4.31. The van der Waals surface area contributed by atoms with Gasteiger partial charge >= 0.3 is 39.0 Å². The van der Waals surface area contributed by atoms with Gasteiger partial charge in [-0.25, -0.2) is 84.5 Å². The van der Waals surface area contributed by atoms with Crippen molar-refractivity contribution in [2.45, 2.75) is 38.8 Å². The van der Waals surface area contributed by atoms with Crippen LogP contribution in [0.3, 0.4) is 0 Å². The van der Waals surface area contributed by atoms with Gasteiger partial charge in [0.05, 0.1) is 11.4 Å². The first-order chi connectivity index (χ1) is 30.3. The summed E-state index contributed by atoms with van der Waals surface area (Å²) in [6.07, 6.45) is 13.3. The molecule has 0 spiro atoms. The second-order valence-corrected chi connectivity index (χ2v) is 22.6. The van der Waals surface area contributed by atoms with Gasteiger partial charge < -0.3 is 11.5 Å². The summed E-state index contributed by atoms with van der Waals surface area (Å²) in [6, 6.07) is 11.7.